The first-order chi connectivity index (χ1) is 9.15. The zero-order chi connectivity index (χ0) is 13.7. The van der Waals surface area contributed by atoms with Gasteiger partial charge in [0.05, 0.1) is 6.10 Å². The maximum atomic E-state index is 11.7. The van der Waals surface area contributed by atoms with E-state index in [1.807, 2.05) is 32.0 Å². The van der Waals surface area contributed by atoms with E-state index in [2.05, 4.69) is 5.32 Å². The van der Waals surface area contributed by atoms with Crippen LogP contribution in [0.5, 0.6) is 5.75 Å². The van der Waals surface area contributed by atoms with Crippen LogP contribution < -0.4 is 10.1 Å². The molecule has 1 N–H and O–H groups in total. The highest BCUT2D eigenvalue weighted by Crippen LogP contribution is 2.18. The van der Waals surface area contributed by atoms with Crippen LogP contribution in [-0.4, -0.2) is 31.8 Å². The second kappa shape index (κ2) is 6.57. The number of aryl methyl sites for hydroxylation is 2. The third kappa shape index (κ3) is 4.24. The summed E-state index contributed by atoms with van der Waals surface area (Å²) in [5.74, 6) is 0.670. The molecule has 1 aliphatic heterocycles. The molecule has 4 nitrogen and oxygen atoms in total. The molecule has 19 heavy (non-hydrogen) atoms. The first-order valence-corrected chi connectivity index (χ1v) is 6.73. The molecule has 1 saturated heterocycles. The van der Waals surface area contributed by atoms with Crippen LogP contribution >= 0.6 is 0 Å². The van der Waals surface area contributed by atoms with Gasteiger partial charge >= 0.3 is 0 Å². The van der Waals surface area contributed by atoms with Gasteiger partial charge in [0, 0.05) is 13.2 Å². The summed E-state index contributed by atoms with van der Waals surface area (Å²) in [6.07, 6.45) is 2.28. The van der Waals surface area contributed by atoms with Crippen LogP contribution in [0.3, 0.4) is 0 Å². The van der Waals surface area contributed by atoms with E-state index in [4.69, 9.17) is 9.47 Å². The third-order valence-electron chi connectivity index (χ3n) is 3.25. The van der Waals surface area contributed by atoms with Crippen molar-refractivity contribution in [1.82, 2.24) is 5.32 Å². The van der Waals surface area contributed by atoms with Gasteiger partial charge in [0.25, 0.3) is 5.91 Å². The van der Waals surface area contributed by atoms with Crippen LogP contribution in [0, 0.1) is 13.8 Å². The molecule has 2 rings (SSSR count). The maximum Gasteiger partial charge on any atom is 0.258 e. The molecule has 0 radical (unpaired) electrons. The minimum Gasteiger partial charge on any atom is -0.483 e. The van der Waals surface area contributed by atoms with E-state index in [9.17, 15) is 4.79 Å². The van der Waals surface area contributed by atoms with E-state index in [0.29, 0.717) is 6.54 Å². The fourth-order valence-electron chi connectivity index (χ4n) is 2.09. The van der Waals surface area contributed by atoms with Crippen molar-refractivity contribution in [2.24, 2.45) is 0 Å². The third-order valence-corrected chi connectivity index (χ3v) is 3.25. The summed E-state index contributed by atoms with van der Waals surface area (Å²) in [4.78, 5) is 11.7. The zero-order valence-electron chi connectivity index (χ0n) is 11.6. The average Bonchev–Trinajstić information content (AvgIpc) is 2.90. The summed E-state index contributed by atoms with van der Waals surface area (Å²) >= 11 is 0. The molecule has 0 bridgehead atoms. The molecule has 0 spiro atoms. The highest BCUT2D eigenvalue weighted by atomic mass is 16.5. The molecule has 1 aromatic carbocycles. The van der Waals surface area contributed by atoms with Gasteiger partial charge in [-0.3, -0.25) is 4.79 Å². The van der Waals surface area contributed by atoms with Crippen LogP contribution in [0.15, 0.2) is 18.2 Å². The van der Waals surface area contributed by atoms with Crippen molar-refractivity contribution in [3.63, 3.8) is 0 Å². The fourth-order valence-corrected chi connectivity index (χ4v) is 2.09. The lowest BCUT2D eigenvalue weighted by molar-refractivity contribution is -0.123. The van der Waals surface area contributed by atoms with Gasteiger partial charge < -0.3 is 14.8 Å². The van der Waals surface area contributed by atoms with Crippen molar-refractivity contribution in [2.45, 2.75) is 32.8 Å². The first-order valence-electron chi connectivity index (χ1n) is 6.73. The van der Waals surface area contributed by atoms with Crippen molar-refractivity contribution in [3.05, 3.63) is 29.3 Å². The predicted molar refractivity (Wildman–Crippen MR) is 73.4 cm³/mol. The highest BCUT2D eigenvalue weighted by Gasteiger charge is 2.16. The summed E-state index contributed by atoms with van der Waals surface area (Å²) in [6.45, 7) is 5.41. The van der Waals surface area contributed by atoms with Gasteiger partial charge in [-0.15, -0.1) is 0 Å². The van der Waals surface area contributed by atoms with Gasteiger partial charge in [-0.05, 0) is 43.9 Å². The Balaban J connectivity index is 1.74. The number of nitrogens with one attached hydrogen (secondary N) is 1. The van der Waals surface area contributed by atoms with E-state index >= 15 is 0 Å². The van der Waals surface area contributed by atoms with E-state index in [1.165, 1.54) is 0 Å². The maximum absolute atomic E-state index is 11.7. The van der Waals surface area contributed by atoms with Gasteiger partial charge in [0.15, 0.2) is 6.61 Å². The smallest absolute Gasteiger partial charge is 0.258 e. The Kier molecular flexibility index (Phi) is 4.80. The molecular weight excluding hydrogens is 242 g/mol. The fraction of sp³-hybridized carbons (Fsp3) is 0.533. The largest absolute Gasteiger partial charge is 0.483 e. The quantitative estimate of drug-likeness (QED) is 0.883. The first kappa shape index (κ1) is 13.9. The molecule has 1 fully saturated rings. The van der Waals surface area contributed by atoms with Crippen molar-refractivity contribution >= 4 is 5.91 Å². The number of hydrogen-bond acceptors (Lipinski definition) is 3. The molecule has 1 amide bonds. The number of rotatable bonds is 5. The Morgan fingerprint density at radius 2 is 2.32 bits per heavy atom. The lowest BCUT2D eigenvalue weighted by atomic mass is 10.1. The molecule has 4 heteroatoms. The summed E-state index contributed by atoms with van der Waals surface area (Å²) in [5, 5.41) is 2.84. The van der Waals surface area contributed by atoms with Crippen molar-refractivity contribution in [3.8, 4) is 5.75 Å². The Labute approximate surface area is 114 Å². The van der Waals surface area contributed by atoms with Crippen LogP contribution in [0.25, 0.3) is 0 Å². The topological polar surface area (TPSA) is 47.6 Å². The standard InChI is InChI=1S/C15H21NO3/c1-11-5-6-12(2)14(8-11)19-10-15(17)16-9-13-4-3-7-18-13/h5-6,8,13H,3-4,7,9-10H2,1-2H3,(H,16,17)/t13-/m0/s1. The average molecular weight is 263 g/mol. The normalized spacial score (nSPS) is 18.3. The van der Waals surface area contributed by atoms with Gasteiger partial charge in [-0.2, -0.15) is 0 Å². The lowest BCUT2D eigenvalue weighted by Gasteiger charge is -2.12. The number of hydrogen-bond donors (Lipinski definition) is 1. The second-order valence-electron chi connectivity index (χ2n) is 5.00. The molecule has 0 aliphatic carbocycles. The molecule has 1 heterocycles. The van der Waals surface area contributed by atoms with Gasteiger partial charge in [-0.25, -0.2) is 0 Å². The summed E-state index contributed by atoms with van der Waals surface area (Å²) in [6, 6.07) is 5.97. The summed E-state index contributed by atoms with van der Waals surface area (Å²) < 4.78 is 11.0. The minimum atomic E-state index is -0.101. The Bertz CT molecular complexity index is 439. The van der Waals surface area contributed by atoms with E-state index < -0.39 is 0 Å². The molecular formula is C15H21NO3. The second-order valence-corrected chi connectivity index (χ2v) is 5.00. The van der Waals surface area contributed by atoms with E-state index in [1.54, 1.807) is 0 Å². The number of carbonyl (C=O) groups is 1. The van der Waals surface area contributed by atoms with Crippen LogP contribution in [0.1, 0.15) is 24.0 Å². The van der Waals surface area contributed by atoms with Gasteiger partial charge in [0.2, 0.25) is 0 Å². The molecule has 1 aromatic rings. The Morgan fingerprint density at radius 3 is 3.05 bits per heavy atom. The Morgan fingerprint density at radius 1 is 1.47 bits per heavy atom. The van der Waals surface area contributed by atoms with Gasteiger partial charge in [0.1, 0.15) is 5.75 Å². The molecule has 104 valence electrons. The summed E-state index contributed by atoms with van der Waals surface area (Å²) in [7, 11) is 0. The van der Waals surface area contributed by atoms with Gasteiger partial charge in [-0.1, -0.05) is 12.1 Å². The van der Waals surface area contributed by atoms with Crippen molar-refractivity contribution in [1.29, 1.82) is 0 Å². The zero-order valence-corrected chi connectivity index (χ0v) is 11.6. The highest BCUT2D eigenvalue weighted by molar-refractivity contribution is 5.77. The van der Waals surface area contributed by atoms with E-state index in [-0.39, 0.29) is 18.6 Å². The molecule has 0 aromatic heterocycles. The number of benzene rings is 1. The summed E-state index contributed by atoms with van der Waals surface area (Å²) in [5.41, 5.74) is 2.16. The van der Waals surface area contributed by atoms with Crippen LogP contribution in [0.2, 0.25) is 0 Å². The molecule has 1 aliphatic rings. The monoisotopic (exact) mass is 263 g/mol. The predicted octanol–water partition coefficient (Wildman–Crippen LogP) is 1.98. The Hall–Kier alpha value is -1.55. The van der Waals surface area contributed by atoms with Crippen LogP contribution in [0.4, 0.5) is 0 Å². The number of ether oxygens (including phenoxy) is 2. The number of amides is 1. The van der Waals surface area contributed by atoms with E-state index in [0.717, 1.165) is 36.3 Å². The minimum absolute atomic E-state index is 0.0526. The van der Waals surface area contributed by atoms with Crippen molar-refractivity contribution < 1.29 is 14.3 Å². The van der Waals surface area contributed by atoms with Crippen molar-refractivity contribution in [2.75, 3.05) is 19.8 Å². The van der Waals surface area contributed by atoms with Crippen LogP contribution in [-0.2, 0) is 9.53 Å². The lowest BCUT2D eigenvalue weighted by Crippen LogP contribution is -2.35. The molecule has 0 unspecified atom stereocenters. The number of carbonyl (C=O) groups excluding carboxylic acids is 1. The molecule has 1 atom stereocenters. The molecule has 0 saturated carbocycles. The SMILES string of the molecule is Cc1ccc(C)c(OCC(=O)NC[C@@H]2CCCO2)c1.